The van der Waals surface area contributed by atoms with Crippen LogP contribution < -0.4 is 5.32 Å². The van der Waals surface area contributed by atoms with Crippen LogP contribution in [0.5, 0.6) is 0 Å². The highest BCUT2D eigenvalue weighted by atomic mass is 16.2. The average molecular weight is 342 g/mol. The predicted octanol–water partition coefficient (Wildman–Crippen LogP) is 1.47. The van der Waals surface area contributed by atoms with E-state index < -0.39 is 11.6 Å². The summed E-state index contributed by atoms with van der Waals surface area (Å²) in [7, 11) is 0. The summed E-state index contributed by atoms with van der Waals surface area (Å²) in [6.07, 6.45) is 7.12. The zero-order chi connectivity index (χ0) is 17.6. The molecule has 3 heterocycles. The molecule has 2 aliphatic heterocycles. The van der Waals surface area contributed by atoms with Gasteiger partial charge < -0.3 is 10.2 Å². The number of amides is 4. The van der Waals surface area contributed by atoms with E-state index in [2.05, 4.69) is 10.3 Å². The molecule has 3 fully saturated rings. The Morgan fingerprint density at radius 1 is 1.28 bits per heavy atom. The Kier molecular flexibility index (Phi) is 3.74. The molecule has 2 saturated heterocycles. The minimum Gasteiger partial charge on any atom is -0.334 e. The number of nitrogens with one attached hydrogen (secondary N) is 1. The third-order valence-electron chi connectivity index (χ3n) is 5.65. The second-order valence-electron chi connectivity index (χ2n) is 7.32. The van der Waals surface area contributed by atoms with E-state index in [1.807, 2.05) is 12.1 Å². The topological polar surface area (TPSA) is 82.6 Å². The molecular formula is C18H22N4O3. The summed E-state index contributed by atoms with van der Waals surface area (Å²) in [5, 5.41) is 2.79. The maximum absolute atomic E-state index is 12.8. The molecular weight excluding hydrogens is 320 g/mol. The zero-order valence-electron chi connectivity index (χ0n) is 14.3. The van der Waals surface area contributed by atoms with Crippen LogP contribution in [0, 0.1) is 5.92 Å². The van der Waals surface area contributed by atoms with Gasteiger partial charge >= 0.3 is 6.03 Å². The number of likely N-dealkylation sites (tertiary alicyclic amines) is 1. The molecule has 4 rings (SSSR count). The monoisotopic (exact) mass is 342 g/mol. The second kappa shape index (κ2) is 5.82. The van der Waals surface area contributed by atoms with Crippen LogP contribution in [0.1, 0.15) is 44.2 Å². The van der Waals surface area contributed by atoms with Crippen molar-refractivity contribution in [3.63, 3.8) is 0 Å². The summed E-state index contributed by atoms with van der Waals surface area (Å²) in [5.74, 6) is -0.253. The van der Waals surface area contributed by atoms with Crippen LogP contribution in [-0.4, -0.2) is 51.3 Å². The van der Waals surface area contributed by atoms with Gasteiger partial charge in [0.05, 0.1) is 6.04 Å². The third-order valence-corrected chi connectivity index (χ3v) is 5.65. The fraction of sp³-hybridized carbons (Fsp3) is 0.556. The molecule has 1 aromatic heterocycles. The minimum atomic E-state index is -0.840. The van der Waals surface area contributed by atoms with Crippen LogP contribution in [0.3, 0.4) is 0 Å². The lowest BCUT2D eigenvalue weighted by Gasteiger charge is -2.27. The smallest absolute Gasteiger partial charge is 0.325 e. The summed E-state index contributed by atoms with van der Waals surface area (Å²) in [4.78, 5) is 44.6. The van der Waals surface area contributed by atoms with Gasteiger partial charge in [-0.05, 0) is 56.2 Å². The third kappa shape index (κ3) is 2.67. The molecule has 132 valence electrons. The van der Waals surface area contributed by atoms with E-state index in [1.54, 1.807) is 24.2 Å². The first kappa shape index (κ1) is 16.1. The molecule has 0 aromatic carbocycles. The molecule has 1 N–H and O–H groups in total. The van der Waals surface area contributed by atoms with Gasteiger partial charge in [-0.2, -0.15) is 0 Å². The Morgan fingerprint density at radius 2 is 2.00 bits per heavy atom. The molecule has 7 heteroatoms. The molecule has 3 aliphatic rings. The van der Waals surface area contributed by atoms with Gasteiger partial charge in [0.15, 0.2) is 0 Å². The number of carbonyl (C=O) groups excluding carboxylic acids is 3. The standard InChI is InChI=1S/C18H22N4O3/c1-18(13-4-5-13)16(24)22(17(25)20-18)11-15(23)21-10-2-3-14(21)12-6-8-19-9-7-12/h6-9,13-14H,2-5,10-11H2,1H3,(H,20,25)/t14-,18+/m0/s1. The van der Waals surface area contributed by atoms with E-state index in [-0.39, 0.29) is 30.3 Å². The number of hydrogen-bond donors (Lipinski definition) is 1. The van der Waals surface area contributed by atoms with Crippen LogP contribution in [0.2, 0.25) is 0 Å². The first-order valence-corrected chi connectivity index (χ1v) is 8.84. The Bertz CT molecular complexity index is 718. The summed E-state index contributed by atoms with van der Waals surface area (Å²) < 4.78 is 0. The molecule has 0 radical (unpaired) electrons. The molecule has 2 atom stereocenters. The largest absolute Gasteiger partial charge is 0.334 e. The number of urea groups is 1. The van der Waals surface area contributed by atoms with Crippen LogP contribution in [0.4, 0.5) is 4.79 Å². The normalized spacial score (nSPS) is 29.2. The number of nitrogens with zero attached hydrogens (tertiary/aromatic N) is 3. The fourth-order valence-corrected chi connectivity index (χ4v) is 4.02. The summed E-state index contributed by atoms with van der Waals surface area (Å²) >= 11 is 0. The summed E-state index contributed by atoms with van der Waals surface area (Å²) in [6, 6.07) is 3.36. The van der Waals surface area contributed by atoms with Gasteiger partial charge in [0, 0.05) is 18.9 Å². The number of rotatable bonds is 4. The van der Waals surface area contributed by atoms with E-state index in [4.69, 9.17) is 0 Å². The molecule has 0 bridgehead atoms. The van der Waals surface area contributed by atoms with Crippen LogP contribution in [-0.2, 0) is 9.59 Å². The number of hydrogen-bond acceptors (Lipinski definition) is 4. The highest BCUT2D eigenvalue weighted by Crippen LogP contribution is 2.42. The van der Waals surface area contributed by atoms with Crippen LogP contribution >= 0.6 is 0 Å². The van der Waals surface area contributed by atoms with Crippen molar-refractivity contribution in [1.82, 2.24) is 20.1 Å². The van der Waals surface area contributed by atoms with Gasteiger partial charge in [0.25, 0.3) is 5.91 Å². The average Bonchev–Trinajstić information content (AvgIpc) is 3.32. The zero-order valence-corrected chi connectivity index (χ0v) is 14.3. The predicted molar refractivity (Wildman–Crippen MR) is 89.3 cm³/mol. The summed E-state index contributed by atoms with van der Waals surface area (Å²) in [6.45, 7) is 2.23. The van der Waals surface area contributed by atoms with Crippen LogP contribution in [0.25, 0.3) is 0 Å². The first-order valence-electron chi connectivity index (χ1n) is 8.84. The van der Waals surface area contributed by atoms with Gasteiger partial charge in [0.2, 0.25) is 5.91 Å². The highest BCUT2D eigenvalue weighted by Gasteiger charge is 2.56. The molecule has 0 unspecified atom stereocenters. The van der Waals surface area contributed by atoms with E-state index in [0.717, 1.165) is 36.1 Å². The lowest BCUT2D eigenvalue weighted by Crippen LogP contribution is -2.47. The van der Waals surface area contributed by atoms with E-state index in [1.165, 1.54) is 0 Å². The second-order valence-corrected chi connectivity index (χ2v) is 7.32. The number of imide groups is 1. The van der Waals surface area contributed by atoms with Crippen molar-refractivity contribution in [2.75, 3.05) is 13.1 Å². The number of pyridine rings is 1. The van der Waals surface area contributed by atoms with Gasteiger partial charge in [-0.3, -0.25) is 19.5 Å². The van der Waals surface area contributed by atoms with E-state index in [9.17, 15) is 14.4 Å². The lowest BCUT2D eigenvalue weighted by atomic mass is 9.96. The Morgan fingerprint density at radius 3 is 2.68 bits per heavy atom. The van der Waals surface area contributed by atoms with E-state index in [0.29, 0.717) is 6.54 Å². The first-order chi connectivity index (χ1) is 12.0. The lowest BCUT2D eigenvalue weighted by molar-refractivity contribution is -0.139. The SMILES string of the molecule is C[C@]1(C2CC2)NC(=O)N(CC(=O)N2CCC[C@H]2c2ccncc2)C1=O. The van der Waals surface area contributed by atoms with Gasteiger partial charge in [-0.25, -0.2) is 4.79 Å². The molecule has 1 aliphatic carbocycles. The van der Waals surface area contributed by atoms with Gasteiger partial charge in [0.1, 0.15) is 12.1 Å². The molecule has 1 aromatic rings. The Hall–Kier alpha value is -2.44. The van der Waals surface area contributed by atoms with Crippen molar-refractivity contribution < 1.29 is 14.4 Å². The molecule has 0 spiro atoms. The van der Waals surface area contributed by atoms with Crippen molar-refractivity contribution in [3.05, 3.63) is 30.1 Å². The quantitative estimate of drug-likeness (QED) is 0.840. The van der Waals surface area contributed by atoms with Crippen LogP contribution in [0.15, 0.2) is 24.5 Å². The Balaban J connectivity index is 1.48. The molecule has 1 saturated carbocycles. The van der Waals surface area contributed by atoms with Gasteiger partial charge in [-0.1, -0.05) is 0 Å². The summed E-state index contributed by atoms with van der Waals surface area (Å²) in [5.41, 5.74) is 0.202. The van der Waals surface area contributed by atoms with Crippen molar-refractivity contribution in [3.8, 4) is 0 Å². The van der Waals surface area contributed by atoms with Crippen molar-refractivity contribution >= 4 is 17.8 Å². The molecule has 7 nitrogen and oxygen atoms in total. The van der Waals surface area contributed by atoms with E-state index >= 15 is 0 Å². The van der Waals surface area contributed by atoms with Crippen molar-refractivity contribution in [1.29, 1.82) is 0 Å². The number of aromatic nitrogens is 1. The molecule has 4 amide bonds. The number of carbonyl (C=O) groups is 3. The highest BCUT2D eigenvalue weighted by molar-refractivity contribution is 6.09. The minimum absolute atomic E-state index is 0.00826. The van der Waals surface area contributed by atoms with Crippen molar-refractivity contribution in [2.24, 2.45) is 5.92 Å². The fourth-order valence-electron chi connectivity index (χ4n) is 4.02. The maximum atomic E-state index is 12.8. The Labute approximate surface area is 146 Å². The van der Waals surface area contributed by atoms with Gasteiger partial charge in [-0.15, -0.1) is 0 Å². The van der Waals surface area contributed by atoms with Crippen molar-refractivity contribution in [2.45, 2.75) is 44.2 Å². The molecule has 25 heavy (non-hydrogen) atoms. The maximum Gasteiger partial charge on any atom is 0.325 e.